The van der Waals surface area contributed by atoms with E-state index in [0.29, 0.717) is 0 Å². The van der Waals surface area contributed by atoms with Gasteiger partial charge in [0.25, 0.3) is 0 Å². The lowest BCUT2D eigenvalue weighted by atomic mass is 9.98. The fraction of sp³-hybridized carbons (Fsp3) is 0.929. The lowest BCUT2D eigenvalue weighted by Gasteiger charge is -2.42. The van der Waals surface area contributed by atoms with Gasteiger partial charge in [0.05, 0.1) is 13.2 Å². The van der Waals surface area contributed by atoms with Gasteiger partial charge in [0.15, 0.2) is 12.6 Å². The Morgan fingerprint density at radius 2 is 1.16 bits per heavy atom. The van der Waals surface area contributed by atoms with Gasteiger partial charge in [0.1, 0.15) is 48.8 Å². The molecule has 10 atom stereocenters. The molecule has 7 N–H and O–H groups in total. The van der Waals surface area contributed by atoms with Crippen LogP contribution >= 0.6 is 0 Å². The Balaban J connectivity index is 1.96. The van der Waals surface area contributed by atoms with Crippen molar-refractivity contribution in [1.82, 2.24) is 0 Å². The van der Waals surface area contributed by atoms with Crippen molar-refractivity contribution in [2.45, 2.75) is 61.4 Å². The molecule has 2 heterocycles. The third-order valence-electron chi connectivity index (χ3n) is 4.22. The summed E-state index contributed by atoms with van der Waals surface area (Å²) in [4.78, 5) is 0. The molecule has 0 aliphatic carbocycles. The predicted octanol–water partition coefficient (Wildman–Crippen LogP) is -4.54. The minimum absolute atomic E-state index is 0.0508. The minimum atomic E-state index is -1.61. The highest BCUT2D eigenvalue weighted by Gasteiger charge is 2.47. The second kappa shape index (κ2) is 8.97. The van der Waals surface area contributed by atoms with E-state index in [0.717, 1.165) is 0 Å². The fourth-order valence-electron chi connectivity index (χ4n) is 2.70. The second-order valence-corrected chi connectivity index (χ2v) is 5.92. The zero-order valence-corrected chi connectivity index (χ0v) is 13.4. The molecule has 0 aromatic heterocycles. The Bertz CT molecular complexity index is 408. The van der Waals surface area contributed by atoms with Gasteiger partial charge >= 0.3 is 0 Å². The Morgan fingerprint density at radius 3 is 1.68 bits per heavy atom. The lowest BCUT2D eigenvalue weighted by Crippen LogP contribution is -2.61. The lowest BCUT2D eigenvalue weighted by molar-refractivity contribution is -0.330. The average molecular weight is 369 g/mol. The van der Waals surface area contributed by atoms with Crippen molar-refractivity contribution in [3.05, 3.63) is 6.92 Å². The van der Waals surface area contributed by atoms with Gasteiger partial charge in [0, 0.05) is 0 Å². The highest BCUT2D eigenvalue weighted by atomic mass is 16.7. The van der Waals surface area contributed by atoms with Crippen LogP contribution in [0.15, 0.2) is 0 Å². The van der Waals surface area contributed by atoms with E-state index in [4.69, 9.17) is 24.1 Å². The van der Waals surface area contributed by atoms with E-state index in [1.165, 1.54) is 0 Å². The Morgan fingerprint density at radius 1 is 0.680 bits per heavy atom. The molecule has 2 aliphatic heterocycles. The summed E-state index contributed by atoms with van der Waals surface area (Å²) >= 11 is 0. The smallest absolute Gasteiger partial charge is 0.186 e. The van der Waals surface area contributed by atoms with Gasteiger partial charge < -0.3 is 61.6 Å². The van der Waals surface area contributed by atoms with E-state index in [-0.39, 0.29) is 6.61 Å². The molecule has 0 bridgehead atoms. The first kappa shape index (κ1) is 20.9. The van der Waals surface area contributed by atoms with E-state index in [1.54, 1.807) is 0 Å². The van der Waals surface area contributed by atoms with Crippen LogP contribution in [0.2, 0.25) is 0 Å². The van der Waals surface area contributed by atoms with Crippen LogP contribution in [0.4, 0.5) is 0 Å². The van der Waals surface area contributed by atoms with Gasteiger partial charge in [0.2, 0.25) is 0 Å². The summed E-state index contributed by atoms with van der Waals surface area (Å²) in [6.45, 7) is 2.37. The number of ether oxygens (including phenoxy) is 4. The molecular weight excluding hydrogens is 344 g/mol. The van der Waals surface area contributed by atoms with Crippen LogP contribution in [0.1, 0.15) is 0 Å². The molecule has 11 nitrogen and oxygen atoms in total. The number of hydrogen-bond donors (Lipinski definition) is 7. The molecule has 2 saturated heterocycles. The quantitative estimate of drug-likeness (QED) is 0.224. The van der Waals surface area contributed by atoms with E-state index >= 15 is 0 Å². The molecule has 11 heteroatoms. The first-order chi connectivity index (χ1) is 11.8. The van der Waals surface area contributed by atoms with Crippen LogP contribution in [-0.2, 0) is 18.9 Å². The summed E-state index contributed by atoms with van der Waals surface area (Å²) in [6.07, 6.45) is -14.2. The van der Waals surface area contributed by atoms with Gasteiger partial charge in [-0.05, 0) is 0 Å². The van der Waals surface area contributed by atoms with Crippen molar-refractivity contribution >= 4 is 0 Å². The molecule has 0 radical (unpaired) electrons. The monoisotopic (exact) mass is 369 g/mol. The Labute approximate surface area is 143 Å². The maximum Gasteiger partial charge on any atom is 0.186 e. The third-order valence-corrected chi connectivity index (χ3v) is 4.22. The maximum absolute atomic E-state index is 9.96. The molecule has 0 saturated carbocycles. The van der Waals surface area contributed by atoms with Crippen LogP contribution < -0.4 is 0 Å². The van der Waals surface area contributed by atoms with Crippen LogP contribution in [0.3, 0.4) is 0 Å². The zero-order chi connectivity index (χ0) is 18.7. The molecule has 2 fully saturated rings. The van der Waals surface area contributed by atoms with E-state index in [2.05, 4.69) is 6.92 Å². The topological polar surface area (TPSA) is 179 Å². The molecule has 0 amide bonds. The van der Waals surface area contributed by atoms with Crippen molar-refractivity contribution < 1.29 is 54.7 Å². The molecule has 0 aromatic carbocycles. The Kier molecular flexibility index (Phi) is 7.49. The molecule has 148 valence electrons. The molecule has 0 aromatic rings. The average Bonchev–Trinajstić information content (AvgIpc) is 2.60. The van der Waals surface area contributed by atoms with Gasteiger partial charge in [-0.15, -0.1) is 0 Å². The summed E-state index contributed by atoms with van der Waals surface area (Å²) < 4.78 is 20.7. The SMILES string of the molecule is [CH2-]CO[C@@H]1O[C@H](CO[C@H]2O[C@H](CO)[C@H](O)[C@H](O)[C@H]2O)[C@@H](O)[C@H](O)[C@H]1O. The van der Waals surface area contributed by atoms with Crippen molar-refractivity contribution in [3.8, 4) is 0 Å². The number of aliphatic hydroxyl groups excluding tert-OH is 7. The molecule has 0 unspecified atom stereocenters. The maximum atomic E-state index is 9.96. The van der Waals surface area contributed by atoms with Crippen LogP contribution in [0, 0.1) is 6.92 Å². The summed E-state index contributed by atoms with van der Waals surface area (Å²) in [7, 11) is 0. The standard InChI is InChI=1S/C14H25O11/c1-2-22-13-11(20)10(19)8(17)6(25-13)4-23-14-12(21)9(18)7(16)5(3-15)24-14/h5-21H,1-4H2/q-1/t5-,6-,7+,8-,9+,10+,11-,12-,13-,14+/m1/s1. The largest absolute Gasteiger partial charge is 0.394 e. The normalized spacial score (nSPS) is 48.5. The molecule has 0 spiro atoms. The number of aliphatic hydroxyl groups is 7. The van der Waals surface area contributed by atoms with Crippen molar-refractivity contribution in [2.24, 2.45) is 0 Å². The summed E-state index contributed by atoms with van der Waals surface area (Å²) in [5.74, 6) is 0. The first-order valence-electron chi connectivity index (χ1n) is 7.84. The van der Waals surface area contributed by atoms with Gasteiger partial charge in [-0.1, -0.05) is 6.61 Å². The zero-order valence-electron chi connectivity index (χ0n) is 13.4. The van der Waals surface area contributed by atoms with Crippen molar-refractivity contribution in [1.29, 1.82) is 0 Å². The summed E-state index contributed by atoms with van der Waals surface area (Å²) in [5.41, 5.74) is 0. The second-order valence-electron chi connectivity index (χ2n) is 5.92. The van der Waals surface area contributed by atoms with Gasteiger partial charge in [-0.3, -0.25) is 0 Å². The molecule has 2 aliphatic rings. The highest BCUT2D eigenvalue weighted by molar-refractivity contribution is 4.91. The molecular formula is C14H25O11-. The summed E-state index contributed by atoms with van der Waals surface area (Å²) in [6, 6.07) is 0. The van der Waals surface area contributed by atoms with Crippen LogP contribution in [0.5, 0.6) is 0 Å². The van der Waals surface area contributed by atoms with Gasteiger partial charge in [-0.2, -0.15) is 0 Å². The number of hydrogen-bond acceptors (Lipinski definition) is 11. The molecule has 25 heavy (non-hydrogen) atoms. The van der Waals surface area contributed by atoms with Crippen molar-refractivity contribution in [3.63, 3.8) is 0 Å². The number of rotatable bonds is 6. The highest BCUT2D eigenvalue weighted by Crippen LogP contribution is 2.25. The van der Waals surface area contributed by atoms with E-state index < -0.39 is 74.6 Å². The van der Waals surface area contributed by atoms with E-state index in [9.17, 15) is 30.6 Å². The third kappa shape index (κ3) is 4.46. The Hall–Kier alpha value is -0.440. The van der Waals surface area contributed by atoms with Crippen LogP contribution in [0.25, 0.3) is 0 Å². The first-order valence-corrected chi connectivity index (χ1v) is 7.84. The summed E-state index contributed by atoms with van der Waals surface area (Å²) in [5, 5.41) is 67.9. The molecule has 2 rings (SSSR count). The predicted molar refractivity (Wildman–Crippen MR) is 77.7 cm³/mol. The van der Waals surface area contributed by atoms with Crippen LogP contribution in [-0.4, -0.2) is 117 Å². The van der Waals surface area contributed by atoms with E-state index in [1.807, 2.05) is 0 Å². The minimum Gasteiger partial charge on any atom is -0.394 e. The van der Waals surface area contributed by atoms with Gasteiger partial charge in [-0.25, -0.2) is 0 Å². The fourth-order valence-corrected chi connectivity index (χ4v) is 2.70. The van der Waals surface area contributed by atoms with Crippen molar-refractivity contribution in [2.75, 3.05) is 19.8 Å².